The zero-order chi connectivity index (χ0) is 16.9. The van der Waals surface area contributed by atoms with E-state index in [1.165, 1.54) is 16.3 Å². The summed E-state index contributed by atoms with van der Waals surface area (Å²) in [6.45, 7) is 5.83. The highest BCUT2D eigenvalue weighted by Crippen LogP contribution is 2.22. The molecule has 0 amide bonds. The molecule has 24 heavy (non-hydrogen) atoms. The van der Waals surface area contributed by atoms with Crippen LogP contribution in [0.3, 0.4) is 0 Å². The molecule has 0 heterocycles. The molecule has 0 radical (unpaired) electrons. The van der Waals surface area contributed by atoms with Crippen LogP contribution in [0.15, 0.2) is 72.8 Å². The molecule has 0 fully saturated rings. The SMILES string of the molecule is CC(C)N(Cc1ccccc1)CC(O)c1ccc2ccccc2c1. The van der Waals surface area contributed by atoms with Gasteiger partial charge in [-0.3, -0.25) is 4.90 Å². The van der Waals surface area contributed by atoms with Crippen molar-refractivity contribution in [2.75, 3.05) is 6.54 Å². The number of nitrogens with zero attached hydrogens (tertiary/aromatic N) is 1. The van der Waals surface area contributed by atoms with E-state index >= 15 is 0 Å². The van der Waals surface area contributed by atoms with Gasteiger partial charge in [0.1, 0.15) is 0 Å². The van der Waals surface area contributed by atoms with E-state index < -0.39 is 6.10 Å². The number of aliphatic hydroxyl groups excluding tert-OH is 1. The fraction of sp³-hybridized carbons (Fsp3) is 0.273. The highest BCUT2D eigenvalue weighted by Gasteiger charge is 2.17. The van der Waals surface area contributed by atoms with Gasteiger partial charge in [0.25, 0.3) is 0 Å². The van der Waals surface area contributed by atoms with Gasteiger partial charge < -0.3 is 5.11 Å². The summed E-state index contributed by atoms with van der Waals surface area (Å²) in [7, 11) is 0. The summed E-state index contributed by atoms with van der Waals surface area (Å²) in [6, 6.07) is 25.3. The molecule has 0 aliphatic carbocycles. The Kier molecular flexibility index (Phi) is 5.29. The summed E-state index contributed by atoms with van der Waals surface area (Å²) in [5.41, 5.74) is 2.25. The lowest BCUT2D eigenvalue weighted by Crippen LogP contribution is -2.34. The van der Waals surface area contributed by atoms with Gasteiger partial charge in [-0.05, 0) is 41.8 Å². The van der Waals surface area contributed by atoms with Crippen LogP contribution in [0.2, 0.25) is 0 Å². The maximum Gasteiger partial charge on any atom is 0.0917 e. The zero-order valence-electron chi connectivity index (χ0n) is 14.4. The van der Waals surface area contributed by atoms with Crippen molar-refractivity contribution in [2.45, 2.75) is 32.5 Å². The quantitative estimate of drug-likeness (QED) is 0.706. The van der Waals surface area contributed by atoms with Crippen LogP contribution in [0, 0.1) is 0 Å². The summed E-state index contributed by atoms with van der Waals surface area (Å²) in [5, 5.41) is 13.1. The van der Waals surface area contributed by atoms with Gasteiger partial charge >= 0.3 is 0 Å². The van der Waals surface area contributed by atoms with Crippen LogP contribution in [-0.4, -0.2) is 22.6 Å². The van der Waals surface area contributed by atoms with Crippen LogP contribution in [0.5, 0.6) is 0 Å². The molecule has 0 bridgehead atoms. The van der Waals surface area contributed by atoms with E-state index in [2.05, 4.69) is 67.3 Å². The van der Waals surface area contributed by atoms with Crippen molar-refractivity contribution < 1.29 is 5.11 Å². The summed E-state index contributed by atoms with van der Waals surface area (Å²) in [5.74, 6) is 0. The van der Waals surface area contributed by atoms with Crippen LogP contribution in [0.25, 0.3) is 10.8 Å². The van der Waals surface area contributed by atoms with Crippen LogP contribution < -0.4 is 0 Å². The van der Waals surface area contributed by atoms with Crippen molar-refractivity contribution in [1.29, 1.82) is 0 Å². The van der Waals surface area contributed by atoms with Crippen LogP contribution >= 0.6 is 0 Å². The van der Waals surface area contributed by atoms with Crippen molar-refractivity contribution in [3.8, 4) is 0 Å². The van der Waals surface area contributed by atoms with Gasteiger partial charge in [0.05, 0.1) is 6.10 Å². The summed E-state index contributed by atoms with van der Waals surface area (Å²) in [6.07, 6.45) is -0.485. The Labute approximate surface area is 144 Å². The number of rotatable bonds is 6. The monoisotopic (exact) mass is 319 g/mol. The van der Waals surface area contributed by atoms with Gasteiger partial charge in [-0.2, -0.15) is 0 Å². The van der Waals surface area contributed by atoms with Gasteiger partial charge in [-0.15, -0.1) is 0 Å². The Morgan fingerprint density at radius 3 is 2.21 bits per heavy atom. The normalized spacial score (nSPS) is 12.9. The molecule has 2 nitrogen and oxygen atoms in total. The largest absolute Gasteiger partial charge is 0.387 e. The topological polar surface area (TPSA) is 23.5 Å². The first-order valence-corrected chi connectivity index (χ1v) is 8.58. The lowest BCUT2D eigenvalue weighted by molar-refractivity contribution is 0.0909. The molecule has 1 atom stereocenters. The number of hydrogen-bond acceptors (Lipinski definition) is 2. The zero-order valence-corrected chi connectivity index (χ0v) is 14.4. The van der Waals surface area contributed by atoms with E-state index in [-0.39, 0.29) is 0 Å². The number of aliphatic hydroxyl groups is 1. The van der Waals surface area contributed by atoms with Gasteiger partial charge in [-0.1, -0.05) is 66.7 Å². The number of benzene rings is 3. The van der Waals surface area contributed by atoms with E-state index in [0.29, 0.717) is 12.6 Å². The van der Waals surface area contributed by atoms with Gasteiger partial charge in [-0.25, -0.2) is 0 Å². The number of fused-ring (bicyclic) bond motifs is 1. The maximum absolute atomic E-state index is 10.7. The van der Waals surface area contributed by atoms with Gasteiger partial charge in [0.15, 0.2) is 0 Å². The third kappa shape index (κ3) is 4.02. The molecule has 0 saturated heterocycles. The molecule has 0 saturated carbocycles. The predicted octanol–water partition coefficient (Wildman–Crippen LogP) is 4.78. The van der Waals surface area contributed by atoms with Crippen molar-refractivity contribution in [3.05, 3.63) is 83.9 Å². The Morgan fingerprint density at radius 2 is 1.50 bits per heavy atom. The minimum atomic E-state index is -0.485. The predicted molar refractivity (Wildman–Crippen MR) is 101 cm³/mol. The lowest BCUT2D eigenvalue weighted by Gasteiger charge is -2.29. The molecule has 0 aliphatic rings. The second-order valence-electron chi connectivity index (χ2n) is 6.63. The van der Waals surface area contributed by atoms with E-state index in [1.807, 2.05) is 24.3 Å². The van der Waals surface area contributed by atoms with Crippen LogP contribution in [0.4, 0.5) is 0 Å². The minimum Gasteiger partial charge on any atom is -0.387 e. The third-order valence-electron chi connectivity index (χ3n) is 4.52. The van der Waals surface area contributed by atoms with Crippen molar-refractivity contribution in [2.24, 2.45) is 0 Å². The molecule has 0 aliphatic heterocycles. The molecular formula is C22H25NO. The third-order valence-corrected chi connectivity index (χ3v) is 4.52. The van der Waals surface area contributed by atoms with E-state index in [0.717, 1.165) is 12.1 Å². The van der Waals surface area contributed by atoms with Crippen molar-refractivity contribution in [3.63, 3.8) is 0 Å². The molecule has 3 aromatic carbocycles. The molecule has 1 unspecified atom stereocenters. The molecule has 124 valence electrons. The van der Waals surface area contributed by atoms with E-state index in [9.17, 15) is 5.11 Å². The summed E-state index contributed by atoms with van der Waals surface area (Å²) >= 11 is 0. The first-order valence-electron chi connectivity index (χ1n) is 8.58. The lowest BCUT2D eigenvalue weighted by atomic mass is 10.0. The molecular weight excluding hydrogens is 294 g/mol. The Bertz CT molecular complexity index is 782. The Balaban J connectivity index is 1.75. The fourth-order valence-electron chi connectivity index (χ4n) is 3.02. The minimum absolute atomic E-state index is 0.375. The smallest absolute Gasteiger partial charge is 0.0917 e. The average Bonchev–Trinajstić information content (AvgIpc) is 2.61. The van der Waals surface area contributed by atoms with Gasteiger partial charge in [0.2, 0.25) is 0 Å². The van der Waals surface area contributed by atoms with Gasteiger partial charge in [0, 0.05) is 19.1 Å². The highest BCUT2D eigenvalue weighted by atomic mass is 16.3. The first-order chi connectivity index (χ1) is 11.6. The Hall–Kier alpha value is -2.16. The van der Waals surface area contributed by atoms with Crippen LogP contribution in [0.1, 0.15) is 31.1 Å². The Morgan fingerprint density at radius 1 is 0.833 bits per heavy atom. The fourth-order valence-corrected chi connectivity index (χ4v) is 3.02. The molecule has 3 aromatic rings. The average molecular weight is 319 g/mol. The van der Waals surface area contributed by atoms with Crippen molar-refractivity contribution in [1.82, 2.24) is 4.90 Å². The molecule has 0 spiro atoms. The summed E-state index contributed by atoms with van der Waals surface area (Å²) in [4.78, 5) is 2.31. The van der Waals surface area contributed by atoms with Crippen molar-refractivity contribution >= 4 is 10.8 Å². The van der Waals surface area contributed by atoms with E-state index in [4.69, 9.17) is 0 Å². The summed E-state index contributed by atoms with van der Waals surface area (Å²) < 4.78 is 0. The number of hydrogen-bond donors (Lipinski definition) is 1. The molecule has 3 rings (SSSR count). The molecule has 0 aromatic heterocycles. The first kappa shape index (κ1) is 16.7. The molecule has 2 heteroatoms. The second kappa shape index (κ2) is 7.61. The molecule has 1 N–H and O–H groups in total. The van der Waals surface area contributed by atoms with Crippen LogP contribution in [-0.2, 0) is 6.54 Å². The standard InChI is InChI=1S/C22H25NO/c1-17(2)23(15-18-8-4-3-5-9-18)16-22(24)21-13-12-19-10-6-7-11-20(19)14-21/h3-14,17,22,24H,15-16H2,1-2H3. The maximum atomic E-state index is 10.7. The highest BCUT2D eigenvalue weighted by molar-refractivity contribution is 5.83. The van der Waals surface area contributed by atoms with E-state index in [1.54, 1.807) is 0 Å². The second-order valence-corrected chi connectivity index (χ2v) is 6.63.